The van der Waals surface area contributed by atoms with E-state index in [9.17, 15) is 26.0 Å². The van der Waals surface area contributed by atoms with Crippen LogP contribution in [-0.2, 0) is 27.3 Å². The fourth-order valence-corrected chi connectivity index (χ4v) is 5.16. The van der Waals surface area contributed by atoms with Crippen LogP contribution in [0, 0.1) is 5.82 Å². The van der Waals surface area contributed by atoms with E-state index in [0.29, 0.717) is 29.8 Å². The highest BCUT2D eigenvalue weighted by molar-refractivity contribution is 7.92. The highest BCUT2D eigenvalue weighted by atomic mass is 32.2. The van der Waals surface area contributed by atoms with Crippen molar-refractivity contribution in [2.45, 2.75) is 17.7 Å². The zero-order valence-electron chi connectivity index (χ0n) is 17.2. The lowest BCUT2D eigenvalue weighted by Crippen LogP contribution is -2.35. The third-order valence-electron chi connectivity index (χ3n) is 4.80. The second kappa shape index (κ2) is 10.5. The third-order valence-corrected chi connectivity index (χ3v) is 7.07. The molecule has 0 atom stereocenters. The molecule has 2 N–H and O–H groups in total. The highest BCUT2D eigenvalue weighted by Crippen LogP contribution is 2.34. The summed E-state index contributed by atoms with van der Waals surface area (Å²) < 4.78 is 63.9. The lowest BCUT2D eigenvalue weighted by molar-refractivity contribution is 0.0697. The minimum Gasteiger partial charge on any atom is -0.478 e. The molecule has 0 saturated heterocycles. The maximum absolute atomic E-state index is 13.1. The number of halogens is 1. The standard InChI is InChI=1S/C15H15FN2O4S2.C7H6O2/c16-12-4-7-14(8-5-12)24(21,22)18-9-1-2-11-3-6-13(10-15(11)18)17-23(19)20;8-7(9)6-4-2-1-3-5-6/h3-8,10,23H,1-2,9H2,(H,17,19,20);1-5H,(H,8,9). The molecule has 3 aromatic carbocycles. The zero-order chi connectivity index (χ0) is 24.0. The van der Waals surface area contributed by atoms with E-state index >= 15 is 0 Å². The first-order valence-electron chi connectivity index (χ1n) is 9.79. The first kappa shape index (κ1) is 24.2. The summed E-state index contributed by atoms with van der Waals surface area (Å²) in [5, 5.41) is 8.38. The molecule has 0 aromatic heterocycles. The molecule has 8 nitrogen and oxygen atoms in total. The van der Waals surface area contributed by atoms with Crippen LogP contribution < -0.4 is 9.03 Å². The van der Waals surface area contributed by atoms with Gasteiger partial charge < -0.3 is 5.11 Å². The summed E-state index contributed by atoms with van der Waals surface area (Å²) in [6.07, 6.45) is 1.35. The summed E-state index contributed by atoms with van der Waals surface area (Å²) in [6, 6.07) is 17.7. The van der Waals surface area contributed by atoms with Crippen LogP contribution in [0.25, 0.3) is 0 Å². The van der Waals surface area contributed by atoms with Crippen LogP contribution in [0.5, 0.6) is 0 Å². The Balaban J connectivity index is 0.000000286. The molecule has 1 aliphatic rings. The van der Waals surface area contributed by atoms with Crippen LogP contribution in [0.1, 0.15) is 22.3 Å². The molecular weight excluding hydrogens is 471 g/mol. The Hall–Kier alpha value is -3.44. The summed E-state index contributed by atoms with van der Waals surface area (Å²) in [5.41, 5.74) is 1.88. The molecular formula is C22H21FN2O6S2. The van der Waals surface area contributed by atoms with Gasteiger partial charge >= 0.3 is 5.97 Å². The van der Waals surface area contributed by atoms with Gasteiger partial charge in [0, 0.05) is 6.54 Å². The number of nitrogens with one attached hydrogen (secondary N) is 1. The monoisotopic (exact) mass is 492 g/mol. The topological polar surface area (TPSA) is 121 Å². The first-order chi connectivity index (χ1) is 15.7. The molecule has 0 amide bonds. The highest BCUT2D eigenvalue weighted by Gasteiger charge is 2.29. The van der Waals surface area contributed by atoms with Crippen LogP contribution in [0.3, 0.4) is 0 Å². The predicted octanol–water partition coefficient (Wildman–Crippen LogP) is 3.29. The van der Waals surface area contributed by atoms with Gasteiger partial charge in [0.05, 0.1) is 21.8 Å². The van der Waals surface area contributed by atoms with Crippen LogP contribution in [0.15, 0.2) is 77.7 Å². The molecule has 0 aliphatic carbocycles. The van der Waals surface area contributed by atoms with Crippen molar-refractivity contribution in [2.24, 2.45) is 0 Å². The Morgan fingerprint density at radius 1 is 1.00 bits per heavy atom. The average molecular weight is 493 g/mol. The quantitative estimate of drug-likeness (QED) is 0.470. The molecule has 3 aromatic rings. The molecule has 174 valence electrons. The number of anilines is 2. The van der Waals surface area contributed by atoms with Crippen LogP contribution in [-0.4, -0.2) is 34.5 Å². The van der Waals surface area contributed by atoms with Crippen molar-refractivity contribution in [1.29, 1.82) is 0 Å². The average Bonchev–Trinajstić information content (AvgIpc) is 2.79. The van der Waals surface area contributed by atoms with Crippen molar-refractivity contribution >= 4 is 38.3 Å². The zero-order valence-corrected chi connectivity index (χ0v) is 18.9. The molecule has 0 radical (unpaired) electrons. The number of rotatable bonds is 5. The van der Waals surface area contributed by atoms with Gasteiger partial charge in [0.15, 0.2) is 0 Å². The number of hydrogen-bond donors (Lipinski definition) is 3. The number of carboxylic acid groups (broad SMARTS) is 1. The van der Waals surface area contributed by atoms with Gasteiger partial charge in [0.25, 0.3) is 10.0 Å². The molecule has 4 rings (SSSR count). The number of carbonyl (C=O) groups is 1. The van der Waals surface area contributed by atoms with Gasteiger partial charge in [0.2, 0.25) is 10.9 Å². The Kier molecular flexibility index (Phi) is 7.67. The van der Waals surface area contributed by atoms with Crippen LogP contribution >= 0.6 is 0 Å². The normalized spacial score (nSPS) is 13.0. The van der Waals surface area contributed by atoms with Crippen molar-refractivity contribution in [1.82, 2.24) is 0 Å². The minimum absolute atomic E-state index is 0.00925. The number of carboxylic acids is 1. The number of aromatic carboxylic acids is 1. The van der Waals surface area contributed by atoms with Crippen LogP contribution in [0.4, 0.5) is 15.8 Å². The van der Waals surface area contributed by atoms with E-state index in [4.69, 9.17) is 5.11 Å². The van der Waals surface area contributed by atoms with E-state index in [0.717, 1.165) is 17.7 Å². The fourth-order valence-electron chi connectivity index (χ4n) is 3.28. The molecule has 11 heteroatoms. The van der Waals surface area contributed by atoms with E-state index in [1.807, 2.05) is 0 Å². The van der Waals surface area contributed by atoms with Crippen molar-refractivity contribution in [3.05, 3.63) is 89.7 Å². The van der Waals surface area contributed by atoms with Gasteiger partial charge in [0.1, 0.15) is 5.82 Å². The number of benzene rings is 3. The SMILES string of the molecule is O=C(O)c1ccccc1.O=[SH](=O)Nc1ccc2c(c1)N(S(=O)(=O)c1ccc(F)cc1)CCC2. The van der Waals surface area contributed by atoms with E-state index in [1.165, 1.54) is 22.5 Å². The van der Waals surface area contributed by atoms with Crippen molar-refractivity contribution in [2.75, 3.05) is 15.6 Å². The Morgan fingerprint density at radius 2 is 1.67 bits per heavy atom. The van der Waals surface area contributed by atoms with E-state index in [2.05, 4.69) is 4.72 Å². The van der Waals surface area contributed by atoms with Crippen molar-refractivity contribution in [3.63, 3.8) is 0 Å². The first-order valence-corrected chi connectivity index (χ1v) is 12.4. The second-order valence-electron chi connectivity index (χ2n) is 7.02. The van der Waals surface area contributed by atoms with E-state index in [1.54, 1.807) is 42.5 Å². The summed E-state index contributed by atoms with van der Waals surface area (Å²) in [6.45, 7) is 0.277. The maximum Gasteiger partial charge on any atom is 0.335 e. The van der Waals surface area contributed by atoms with Crippen LogP contribution in [0.2, 0.25) is 0 Å². The summed E-state index contributed by atoms with van der Waals surface area (Å²) in [4.78, 5) is 10.2. The largest absolute Gasteiger partial charge is 0.478 e. The Morgan fingerprint density at radius 3 is 2.24 bits per heavy atom. The maximum atomic E-state index is 13.1. The molecule has 0 fully saturated rings. The molecule has 0 spiro atoms. The number of sulfonamides is 1. The third kappa shape index (κ3) is 6.08. The molecule has 1 aliphatic heterocycles. The molecule has 0 unspecified atom stereocenters. The summed E-state index contributed by atoms with van der Waals surface area (Å²) in [7, 11) is -6.69. The lowest BCUT2D eigenvalue weighted by Gasteiger charge is -2.30. The second-order valence-corrected chi connectivity index (χ2v) is 9.62. The predicted molar refractivity (Wildman–Crippen MR) is 123 cm³/mol. The van der Waals surface area contributed by atoms with Gasteiger partial charge in [-0.1, -0.05) is 24.3 Å². The number of thiol groups is 1. The number of nitrogens with zero attached hydrogens (tertiary/aromatic N) is 1. The number of fused-ring (bicyclic) bond motifs is 1. The molecule has 33 heavy (non-hydrogen) atoms. The van der Waals surface area contributed by atoms with E-state index in [-0.39, 0.29) is 11.4 Å². The van der Waals surface area contributed by atoms with Gasteiger partial charge in [-0.05, 0) is 66.9 Å². The van der Waals surface area contributed by atoms with Gasteiger partial charge in [-0.3, -0.25) is 9.03 Å². The summed E-state index contributed by atoms with van der Waals surface area (Å²) in [5.74, 6) is -1.39. The molecule has 0 saturated carbocycles. The number of aryl methyl sites for hydroxylation is 1. The van der Waals surface area contributed by atoms with Crippen molar-refractivity contribution < 1.29 is 31.1 Å². The number of hydrogen-bond acceptors (Lipinski definition) is 5. The van der Waals surface area contributed by atoms with Gasteiger partial charge in [-0.25, -0.2) is 26.0 Å². The Labute approximate surface area is 192 Å². The van der Waals surface area contributed by atoms with Crippen molar-refractivity contribution in [3.8, 4) is 0 Å². The minimum atomic E-state index is -3.85. The lowest BCUT2D eigenvalue weighted by atomic mass is 10.0. The van der Waals surface area contributed by atoms with E-state index < -0.39 is 32.7 Å². The molecule has 0 bridgehead atoms. The van der Waals surface area contributed by atoms with Gasteiger partial charge in [-0.15, -0.1) is 0 Å². The van der Waals surface area contributed by atoms with Gasteiger partial charge in [-0.2, -0.15) is 0 Å². The molecule has 1 heterocycles. The smallest absolute Gasteiger partial charge is 0.335 e. The Bertz CT molecular complexity index is 1300. The fraction of sp³-hybridized carbons (Fsp3) is 0.136. The summed E-state index contributed by atoms with van der Waals surface area (Å²) >= 11 is 0.